The van der Waals surface area contributed by atoms with E-state index in [0.717, 1.165) is 41.3 Å². The third kappa shape index (κ3) is 6.68. The van der Waals surface area contributed by atoms with Gasteiger partial charge in [0.25, 0.3) is 11.1 Å². The van der Waals surface area contributed by atoms with Crippen LogP contribution in [0.25, 0.3) is 6.08 Å². The van der Waals surface area contributed by atoms with Gasteiger partial charge in [0.05, 0.1) is 8.48 Å². The van der Waals surface area contributed by atoms with E-state index in [1.54, 1.807) is 18.2 Å². The number of hydrogen-bond acceptors (Lipinski definition) is 5. The van der Waals surface area contributed by atoms with Gasteiger partial charge >= 0.3 is 0 Å². The van der Waals surface area contributed by atoms with Crippen molar-refractivity contribution in [1.82, 2.24) is 4.90 Å². The van der Waals surface area contributed by atoms with Crippen LogP contribution in [0.1, 0.15) is 23.6 Å². The van der Waals surface area contributed by atoms with Crippen LogP contribution < -0.4 is 10.1 Å². The Morgan fingerprint density at radius 2 is 1.75 bits per heavy atom. The third-order valence-electron chi connectivity index (χ3n) is 5.37. The summed E-state index contributed by atoms with van der Waals surface area (Å²) in [5.74, 6) is -0.289. The Bertz CT molecular complexity index is 1330. The standard InChI is InChI=1S/C27H22I2N2O4S/c1-2-17-8-10-21(11-9-17)30-24(32)15-31-26(33)23(36-27(31)34)13-19-12-20(28)14-22(29)25(19)35-16-18-6-4-3-5-7-18/h3-14H,2,15-16H2,1H3,(H,30,32)/b23-13+. The molecule has 36 heavy (non-hydrogen) atoms. The first-order valence-corrected chi connectivity index (χ1v) is 14.1. The van der Waals surface area contributed by atoms with Gasteiger partial charge in [-0.1, -0.05) is 49.4 Å². The Balaban J connectivity index is 1.49. The average Bonchev–Trinajstić information content (AvgIpc) is 3.11. The van der Waals surface area contributed by atoms with Crippen molar-refractivity contribution in [2.75, 3.05) is 11.9 Å². The van der Waals surface area contributed by atoms with Crippen molar-refractivity contribution in [3.05, 3.63) is 95.5 Å². The summed E-state index contributed by atoms with van der Waals surface area (Å²) in [6, 6.07) is 21.2. The van der Waals surface area contributed by atoms with E-state index >= 15 is 0 Å². The van der Waals surface area contributed by atoms with Crippen LogP contribution in [-0.4, -0.2) is 28.5 Å². The Morgan fingerprint density at radius 3 is 2.44 bits per heavy atom. The molecular formula is C27H22I2N2O4S. The highest BCUT2D eigenvalue weighted by atomic mass is 127. The van der Waals surface area contributed by atoms with Crippen molar-refractivity contribution >= 4 is 85.8 Å². The number of thioether (sulfide) groups is 1. The van der Waals surface area contributed by atoms with Crippen LogP contribution in [0.4, 0.5) is 10.5 Å². The molecule has 1 N–H and O–H groups in total. The van der Waals surface area contributed by atoms with Crippen molar-refractivity contribution in [3.8, 4) is 5.75 Å². The minimum Gasteiger partial charge on any atom is -0.487 e. The van der Waals surface area contributed by atoms with Crippen LogP contribution in [0.15, 0.2) is 71.6 Å². The van der Waals surface area contributed by atoms with Crippen molar-refractivity contribution in [3.63, 3.8) is 0 Å². The summed E-state index contributed by atoms with van der Waals surface area (Å²) in [6.45, 7) is 2.08. The average molecular weight is 724 g/mol. The first-order valence-electron chi connectivity index (χ1n) is 11.1. The lowest BCUT2D eigenvalue weighted by Crippen LogP contribution is -2.36. The summed E-state index contributed by atoms with van der Waals surface area (Å²) in [5.41, 5.74) is 3.50. The first-order chi connectivity index (χ1) is 17.3. The molecule has 1 aliphatic heterocycles. The molecule has 0 bridgehead atoms. The van der Waals surface area contributed by atoms with E-state index in [9.17, 15) is 14.4 Å². The first kappa shape index (κ1) is 26.7. The van der Waals surface area contributed by atoms with Gasteiger partial charge in [0, 0.05) is 14.8 Å². The van der Waals surface area contributed by atoms with Crippen LogP contribution in [0.3, 0.4) is 0 Å². The van der Waals surface area contributed by atoms with E-state index in [1.165, 1.54) is 0 Å². The van der Waals surface area contributed by atoms with Gasteiger partial charge < -0.3 is 10.1 Å². The van der Waals surface area contributed by atoms with Crippen molar-refractivity contribution < 1.29 is 19.1 Å². The number of imide groups is 1. The third-order valence-corrected chi connectivity index (χ3v) is 7.70. The normalized spacial score (nSPS) is 14.4. The van der Waals surface area contributed by atoms with Crippen molar-refractivity contribution in [2.24, 2.45) is 0 Å². The predicted molar refractivity (Wildman–Crippen MR) is 160 cm³/mol. The van der Waals surface area contributed by atoms with Crippen LogP contribution in [0, 0.1) is 7.14 Å². The summed E-state index contributed by atoms with van der Waals surface area (Å²) in [4.78, 5) is 39.4. The second-order valence-corrected chi connectivity index (χ2v) is 11.3. The number of anilines is 1. The van der Waals surface area contributed by atoms with E-state index in [0.29, 0.717) is 23.6 Å². The van der Waals surface area contributed by atoms with E-state index in [-0.39, 0.29) is 11.4 Å². The van der Waals surface area contributed by atoms with Gasteiger partial charge in [-0.2, -0.15) is 0 Å². The number of amides is 3. The maximum absolute atomic E-state index is 13.0. The largest absolute Gasteiger partial charge is 0.487 e. The highest BCUT2D eigenvalue weighted by molar-refractivity contribution is 14.1. The molecule has 3 amide bonds. The van der Waals surface area contributed by atoms with Gasteiger partial charge in [0.2, 0.25) is 5.91 Å². The molecule has 1 aliphatic rings. The fourth-order valence-corrected chi connectivity index (χ4v) is 6.39. The number of nitrogens with zero attached hydrogens (tertiary/aromatic N) is 1. The van der Waals surface area contributed by atoms with Gasteiger partial charge in [-0.25, -0.2) is 0 Å². The van der Waals surface area contributed by atoms with Gasteiger partial charge in [-0.05, 0) is 105 Å². The van der Waals surface area contributed by atoms with Crippen LogP contribution >= 0.6 is 56.9 Å². The Kier molecular flexibility index (Phi) is 9.07. The number of rotatable bonds is 8. The molecule has 1 fully saturated rings. The molecule has 0 spiro atoms. The Morgan fingerprint density at radius 1 is 1.03 bits per heavy atom. The van der Waals surface area contributed by atoms with Crippen LogP contribution in [0.5, 0.6) is 5.75 Å². The fraction of sp³-hybridized carbons (Fsp3) is 0.148. The molecule has 9 heteroatoms. The smallest absolute Gasteiger partial charge is 0.294 e. The number of ether oxygens (including phenoxy) is 1. The molecule has 0 aliphatic carbocycles. The molecule has 6 nitrogen and oxygen atoms in total. The molecule has 0 aromatic heterocycles. The zero-order valence-electron chi connectivity index (χ0n) is 19.3. The Labute approximate surface area is 241 Å². The van der Waals surface area contributed by atoms with Gasteiger partial charge in [0.1, 0.15) is 18.9 Å². The van der Waals surface area contributed by atoms with Crippen molar-refractivity contribution in [2.45, 2.75) is 20.0 Å². The number of hydrogen-bond donors (Lipinski definition) is 1. The molecule has 0 radical (unpaired) electrons. The quantitative estimate of drug-likeness (QED) is 0.207. The predicted octanol–water partition coefficient (Wildman–Crippen LogP) is 6.71. The lowest BCUT2D eigenvalue weighted by atomic mass is 10.1. The molecule has 184 valence electrons. The molecule has 0 unspecified atom stereocenters. The summed E-state index contributed by atoms with van der Waals surface area (Å²) >= 11 is 5.23. The molecular weight excluding hydrogens is 702 g/mol. The zero-order chi connectivity index (χ0) is 25.7. The van der Waals surface area contributed by atoms with Crippen molar-refractivity contribution in [1.29, 1.82) is 0 Å². The molecule has 1 saturated heterocycles. The second-order valence-electron chi connectivity index (χ2n) is 7.95. The highest BCUT2D eigenvalue weighted by Crippen LogP contribution is 2.36. The van der Waals surface area contributed by atoms with E-state index in [1.807, 2.05) is 54.6 Å². The van der Waals surface area contributed by atoms with Gasteiger partial charge in [-0.3, -0.25) is 19.3 Å². The number of aryl methyl sites for hydroxylation is 1. The minimum absolute atomic E-state index is 0.252. The zero-order valence-corrected chi connectivity index (χ0v) is 24.4. The fourth-order valence-electron chi connectivity index (χ4n) is 3.51. The summed E-state index contributed by atoms with van der Waals surface area (Å²) < 4.78 is 7.99. The van der Waals surface area contributed by atoms with Gasteiger partial charge in [-0.15, -0.1) is 0 Å². The SMILES string of the molecule is CCc1ccc(NC(=O)CN2C(=O)S/C(=C/c3cc(I)cc(I)c3OCc3ccccc3)C2=O)cc1. The highest BCUT2D eigenvalue weighted by Gasteiger charge is 2.36. The molecule has 3 aromatic rings. The number of nitrogens with one attached hydrogen (secondary N) is 1. The Hall–Kier alpha value is -2.38. The molecule has 4 rings (SSSR count). The topological polar surface area (TPSA) is 75.7 Å². The van der Waals surface area contributed by atoms with E-state index in [2.05, 4.69) is 57.4 Å². The van der Waals surface area contributed by atoms with Crippen LogP contribution in [0.2, 0.25) is 0 Å². The number of halogens is 2. The maximum Gasteiger partial charge on any atom is 0.294 e. The summed E-state index contributed by atoms with van der Waals surface area (Å²) in [6.07, 6.45) is 2.56. The summed E-state index contributed by atoms with van der Waals surface area (Å²) in [7, 11) is 0. The molecule has 0 saturated carbocycles. The molecule has 0 atom stereocenters. The molecule has 3 aromatic carbocycles. The van der Waals surface area contributed by atoms with E-state index < -0.39 is 17.1 Å². The number of carbonyl (C=O) groups excluding carboxylic acids is 3. The lowest BCUT2D eigenvalue weighted by Gasteiger charge is -2.13. The number of benzene rings is 3. The second kappa shape index (κ2) is 12.2. The monoisotopic (exact) mass is 724 g/mol. The van der Waals surface area contributed by atoms with Gasteiger partial charge in [0.15, 0.2) is 0 Å². The minimum atomic E-state index is -0.496. The summed E-state index contributed by atoms with van der Waals surface area (Å²) in [5, 5.41) is 2.27. The van der Waals surface area contributed by atoms with E-state index in [4.69, 9.17) is 4.74 Å². The lowest BCUT2D eigenvalue weighted by molar-refractivity contribution is -0.127. The number of carbonyl (C=O) groups is 3. The van der Waals surface area contributed by atoms with Crippen LogP contribution in [-0.2, 0) is 22.6 Å². The molecule has 1 heterocycles. The maximum atomic E-state index is 13.0.